The van der Waals surface area contributed by atoms with Crippen molar-refractivity contribution in [2.24, 2.45) is 5.92 Å². The van der Waals surface area contributed by atoms with Crippen molar-refractivity contribution < 1.29 is 15.8 Å². The van der Waals surface area contributed by atoms with Crippen molar-refractivity contribution in [3.8, 4) is 0 Å². The summed E-state index contributed by atoms with van der Waals surface area (Å²) in [6, 6.07) is -0.230. The van der Waals surface area contributed by atoms with E-state index < -0.39 is 12.1 Å². The number of alkyl carbamates (subject to hydrolysis) is 1. The Labute approximate surface area is 104 Å². The highest BCUT2D eigenvalue weighted by Gasteiger charge is 2.33. The second kappa shape index (κ2) is 5.89. The number of rotatable bonds is 3. The molecule has 0 bridgehead atoms. The zero-order valence-corrected chi connectivity index (χ0v) is 11.0. The van der Waals surface area contributed by atoms with Gasteiger partial charge in [-0.3, -0.25) is 4.79 Å². The van der Waals surface area contributed by atoms with Crippen LogP contribution in [0, 0.1) is 5.92 Å². The van der Waals surface area contributed by atoms with Crippen molar-refractivity contribution in [1.29, 1.82) is 0 Å². The van der Waals surface area contributed by atoms with Gasteiger partial charge in [0.2, 0.25) is 5.91 Å². The van der Waals surface area contributed by atoms with Gasteiger partial charge in [-0.05, 0) is 25.7 Å². The molecule has 0 radical (unpaired) electrons. The van der Waals surface area contributed by atoms with Crippen molar-refractivity contribution in [2.45, 2.75) is 45.7 Å². The van der Waals surface area contributed by atoms with E-state index in [2.05, 4.69) is 10.1 Å². The van der Waals surface area contributed by atoms with E-state index in [1.165, 1.54) is 7.11 Å². The van der Waals surface area contributed by atoms with Crippen molar-refractivity contribution in [3.63, 3.8) is 0 Å². The Bertz CT molecular complexity index is 297. The lowest BCUT2D eigenvalue weighted by atomic mass is 10.0. The lowest BCUT2D eigenvalue weighted by molar-refractivity contribution is -0.134. The molecule has 2 atom stereocenters. The number of methoxy groups -OCH3 is 1. The van der Waals surface area contributed by atoms with Gasteiger partial charge in [0.25, 0.3) is 0 Å². The first-order valence-corrected chi connectivity index (χ1v) is 6.12. The predicted octanol–water partition coefficient (Wildman–Crippen LogP) is 1.62. The number of nitrogens with one attached hydrogen (secondary N) is 1. The third-order valence-corrected chi connectivity index (χ3v) is 3.23. The van der Waals surface area contributed by atoms with Crippen LogP contribution in [0.5, 0.6) is 0 Å². The lowest BCUT2D eigenvalue weighted by Gasteiger charge is -2.29. The Balaban J connectivity index is 0.00000289. The Morgan fingerprint density at radius 3 is 2.53 bits per heavy atom. The van der Waals surface area contributed by atoms with E-state index >= 15 is 0 Å². The van der Waals surface area contributed by atoms with E-state index in [-0.39, 0.29) is 19.3 Å². The molecule has 1 rings (SSSR count). The van der Waals surface area contributed by atoms with E-state index in [9.17, 15) is 9.59 Å². The van der Waals surface area contributed by atoms with E-state index in [0.29, 0.717) is 0 Å². The van der Waals surface area contributed by atoms with Gasteiger partial charge < -0.3 is 15.0 Å². The van der Waals surface area contributed by atoms with Crippen LogP contribution in [0.15, 0.2) is 0 Å². The van der Waals surface area contributed by atoms with Crippen LogP contribution in [-0.2, 0) is 9.53 Å². The van der Waals surface area contributed by atoms with Crippen LogP contribution in [0.2, 0.25) is 0 Å². The lowest BCUT2D eigenvalue weighted by Crippen LogP contribution is -2.52. The summed E-state index contributed by atoms with van der Waals surface area (Å²) in [4.78, 5) is 25.4. The molecule has 0 aromatic carbocycles. The number of hydrogen-bond donors (Lipinski definition) is 1. The molecule has 1 aliphatic rings. The fraction of sp³-hybridized carbons (Fsp3) is 0.833. The van der Waals surface area contributed by atoms with Gasteiger partial charge in [0, 0.05) is 14.0 Å². The maximum Gasteiger partial charge on any atom is 0.407 e. The Morgan fingerprint density at radius 1 is 1.47 bits per heavy atom. The van der Waals surface area contributed by atoms with Gasteiger partial charge in [0.1, 0.15) is 6.04 Å². The Hall–Kier alpha value is -1.26. The number of carbonyl (C=O) groups is 2. The van der Waals surface area contributed by atoms with E-state index in [1.807, 2.05) is 25.7 Å². The van der Waals surface area contributed by atoms with Crippen molar-refractivity contribution in [2.75, 3.05) is 13.7 Å². The van der Waals surface area contributed by atoms with Crippen molar-refractivity contribution in [1.82, 2.24) is 10.2 Å². The van der Waals surface area contributed by atoms with Gasteiger partial charge in [0.05, 0.1) is 7.11 Å². The molecule has 100 valence electrons. The maximum absolute atomic E-state index is 12.3. The van der Waals surface area contributed by atoms with E-state index in [0.717, 1.165) is 19.4 Å². The number of likely N-dealkylation sites (tertiary alicyclic amines) is 1. The van der Waals surface area contributed by atoms with Gasteiger partial charge in [-0.1, -0.05) is 13.8 Å². The molecule has 0 unspecified atom stereocenters. The zero-order valence-electron chi connectivity index (χ0n) is 11.0. The molecule has 1 N–H and O–H groups in total. The van der Waals surface area contributed by atoms with Crippen LogP contribution >= 0.6 is 0 Å². The molecule has 0 aromatic rings. The zero-order chi connectivity index (χ0) is 13.0. The van der Waals surface area contributed by atoms with Crippen LogP contribution in [-0.4, -0.2) is 42.6 Å². The molecule has 1 saturated heterocycles. The van der Waals surface area contributed by atoms with Crippen LogP contribution in [0.4, 0.5) is 4.79 Å². The maximum atomic E-state index is 12.3. The number of carbonyl (C=O) groups excluding carboxylic acids is 2. The monoisotopic (exact) mass is 244 g/mol. The van der Waals surface area contributed by atoms with Crippen molar-refractivity contribution in [3.05, 3.63) is 0 Å². The smallest absolute Gasteiger partial charge is 0.407 e. The standard InChI is InChI=1S/C12H22N2O3.H2/c1-8(2)10(13-12(16)17-4)11(15)14-7-5-6-9(14)3;/h8-10H,5-7H2,1-4H3,(H,13,16);1H/t9-,10+;/m1./s1. The number of amides is 2. The van der Waals surface area contributed by atoms with Crippen LogP contribution < -0.4 is 5.32 Å². The molecule has 5 nitrogen and oxygen atoms in total. The number of nitrogens with zero attached hydrogens (tertiary/aromatic N) is 1. The number of hydrogen-bond acceptors (Lipinski definition) is 3. The Kier molecular flexibility index (Phi) is 4.78. The van der Waals surface area contributed by atoms with Crippen LogP contribution in [0.25, 0.3) is 0 Å². The summed E-state index contributed by atoms with van der Waals surface area (Å²) in [6.45, 7) is 6.66. The second-order valence-electron chi connectivity index (χ2n) is 4.88. The van der Waals surface area contributed by atoms with E-state index in [1.54, 1.807) is 0 Å². The average Bonchev–Trinajstić information content (AvgIpc) is 2.70. The minimum Gasteiger partial charge on any atom is -0.453 e. The molecule has 1 heterocycles. The topological polar surface area (TPSA) is 58.6 Å². The Morgan fingerprint density at radius 2 is 2.12 bits per heavy atom. The largest absolute Gasteiger partial charge is 0.453 e. The van der Waals surface area contributed by atoms with Crippen LogP contribution in [0.3, 0.4) is 0 Å². The summed E-state index contributed by atoms with van der Waals surface area (Å²) in [6.07, 6.45) is 1.52. The van der Waals surface area contributed by atoms with Gasteiger partial charge in [-0.25, -0.2) is 4.79 Å². The van der Waals surface area contributed by atoms with E-state index in [4.69, 9.17) is 0 Å². The van der Waals surface area contributed by atoms with Gasteiger partial charge in [-0.15, -0.1) is 0 Å². The summed E-state index contributed by atoms with van der Waals surface area (Å²) in [5.74, 6) is 0.0461. The first kappa shape index (κ1) is 13.8. The molecule has 0 aliphatic carbocycles. The van der Waals surface area contributed by atoms with Gasteiger partial charge in [-0.2, -0.15) is 0 Å². The predicted molar refractivity (Wildman–Crippen MR) is 66.7 cm³/mol. The third kappa shape index (κ3) is 3.35. The molecule has 0 saturated carbocycles. The minimum atomic E-state index is -0.552. The fourth-order valence-electron chi connectivity index (χ4n) is 2.14. The molecular formula is C12H24N2O3. The SMILES string of the molecule is COC(=O)N[C@H](C(=O)N1CCC[C@H]1C)C(C)C.[HH]. The summed E-state index contributed by atoms with van der Waals surface area (Å²) < 4.78 is 4.55. The molecule has 2 amide bonds. The van der Waals surface area contributed by atoms with Gasteiger partial charge in [0.15, 0.2) is 0 Å². The molecule has 0 aromatic heterocycles. The summed E-state index contributed by atoms with van der Waals surface area (Å²) in [5.41, 5.74) is 0. The number of ether oxygens (including phenoxy) is 1. The van der Waals surface area contributed by atoms with Crippen molar-refractivity contribution >= 4 is 12.0 Å². The van der Waals surface area contributed by atoms with Gasteiger partial charge >= 0.3 is 6.09 Å². The second-order valence-corrected chi connectivity index (χ2v) is 4.88. The average molecular weight is 244 g/mol. The molecule has 1 fully saturated rings. The summed E-state index contributed by atoms with van der Waals surface area (Å²) >= 11 is 0. The molecular weight excluding hydrogens is 220 g/mol. The molecule has 17 heavy (non-hydrogen) atoms. The molecule has 1 aliphatic heterocycles. The van der Waals surface area contributed by atoms with Crippen LogP contribution in [0.1, 0.15) is 35.0 Å². The normalized spacial score (nSPS) is 21.5. The fourth-order valence-corrected chi connectivity index (χ4v) is 2.14. The highest BCUT2D eigenvalue weighted by Crippen LogP contribution is 2.19. The molecule has 5 heteroatoms. The highest BCUT2D eigenvalue weighted by atomic mass is 16.5. The summed E-state index contributed by atoms with van der Waals surface area (Å²) in [5, 5.41) is 2.61. The third-order valence-electron chi connectivity index (χ3n) is 3.23. The minimum absolute atomic E-state index is 0. The first-order valence-electron chi connectivity index (χ1n) is 6.12. The quantitative estimate of drug-likeness (QED) is 0.820. The summed E-state index contributed by atoms with van der Waals surface area (Å²) in [7, 11) is 1.30. The highest BCUT2D eigenvalue weighted by molar-refractivity contribution is 5.86. The molecule has 0 spiro atoms. The first-order chi connectivity index (χ1) is 7.97.